The van der Waals surface area contributed by atoms with Crippen LogP contribution in [0.2, 0.25) is 5.02 Å². The molecule has 2 N–H and O–H groups in total. The molecule has 0 bridgehead atoms. The Balaban J connectivity index is 1.54. The molecule has 0 radical (unpaired) electrons. The molecule has 1 aliphatic carbocycles. The lowest BCUT2D eigenvalue weighted by atomic mass is 10.3. The minimum atomic E-state index is 0.516. The summed E-state index contributed by atoms with van der Waals surface area (Å²) in [4.78, 5) is 5.57. The number of aromatic nitrogens is 1. The monoisotopic (exact) mass is 363 g/mol. The number of hydrogen-bond donors (Lipinski definition) is 2. The fraction of sp³-hybridized carbons (Fsp3) is 0.294. The van der Waals surface area contributed by atoms with E-state index in [0.29, 0.717) is 11.2 Å². The SMILES string of the molecule is S=C(Nc1ccc(Sc2ccc(Cl)cc2)nc1)NC1CCCC1. The first-order chi connectivity index (χ1) is 11.2. The molecule has 1 heterocycles. The highest BCUT2D eigenvalue weighted by Crippen LogP contribution is 2.27. The van der Waals surface area contributed by atoms with Crippen molar-refractivity contribution in [3.8, 4) is 0 Å². The van der Waals surface area contributed by atoms with Crippen LogP contribution in [0, 0.1) is 0 Å². The van der Waals surface area contributed by atoms with Gasteiger partial charge in [0.2, 0.25) is 0 Å². The second kappa shape index (κ2) is 7.99. The van der Waals surface area contributed by atoms with E-state index in [1.807, 2.05) is 36.4 Å². The Hall–Kier alpha value is -1.30. The van der Waals surface area contributed by atoms with Crippen LogP contribution in [0.3, 0.4) is 0 Å². The molecule has 0 aliphatic heterocycles. The third-order valence-electron chi connectivity index (χ3n) is 3.72. The first-order valence-electron chi connectivity index (χ1n) is 7.66. The number of pyridine rings is 1. The molecule has 1 aromatic carbocycles. The van der Waals surface area contributed by atoms with Crippen LogP contribution in [-0.4, -0.2) is 16.1 Å². The molecule has 0 amide bonds. The van der Waals surface area contributed by atoms with Crippen LogP contribution in [0.25, 0.3) is 0 Å². The van der Waals surface area contributed by atoms with Crippen molar-refractivity contribution in [2.24, 2.45) is 0 Å². The van der Waals surface area contributed by atoms with Gasteiger partial charge in [-0.05, 0) is 61.5 Å². The molecule has 1 aliphatic rings. The lowest BCUT2D eigenvalue weighted by Gasteiger charge is -2.15. The summed E-state index contributed by atoms with van der Waals surface area (Å²) in [6, 6.07) is 12.2. The van der Waals surface area contributed by atoms with Gasteiger partial charge >= 0.3 is 0 Å². The van der Waals surface area contributed by atoms with E-state index in [1.165, 1.54) is 25.7 Å². The Morgan fingerprint density at radius 1 is 1.13 bits per heavy atom. The first-order valence-corrected chi connectivity index (χ1v) is 9.26. The minimum Gasteiger partial charge on any atom is -0.360 e. The van der Waals surface area contributed by atoms with Crippen LogP contribution in [-0.2, 0) is 0 Å². The quantitative estimate of drug-likeness (QED) is 0.738. The van der Waals surface area contributed by atoms with Gasteiger partial charge in [0.15, 0.2) is 5.11 Å². The van der Waals surface area contributed by atoms with E-state index in [2.05, 4.69) is 15.6 Å². The van der Waals surface area contributed by atoms with Crippen molar-refractivity contribution in [2.75, 3.05) is 5.32 Å². The maximum atomic E-state index is 5.89. The smallest absolute Gasteiger partial charge is 0.171 e. The molecule has 120 valence electrons. The van der Waals surface area contributed by atoms with Gasteiger partial charge in [-0.3, -0.25) is 0 Å². The number of hydrogen-bond acceptors (Lipinski definition) is 3. The number of nitrogens with zero attached hydrogens (tertiary/aromatic N) is 1. The van der Waals surface area contributed by atoms with E-state index >= 15 is 0 Å². The highest BCUT2D eigenvalue weighted by molar-refractivity contribution is 7.99. The van der Waals surface area contributed by atoms with Gasteiger partial charge in [0.05, 0.1) is 11.9 Å². The molecule has 2 aromatic rings. The Kier molecular flexibility index (Phi) is 5.75. The van der Waals surface area contributed by atoms with Crippen LogP contribution in [0.15, 0.2) is 52.5 Å². The van der Waals surface area contributed by atoms with Crippen molar-refractivity contribution in [1.29, 1.82) is 0 Å². The minimum absolute atomic E-state index is 0.516. The van der Waals surface area contributed by atoms with Gasteiger partial charge < -0.3 is 10.6 Å². The van der Waals surface area contributed by atoms with Crippen LogP contribution in [0.5, 0.6) is 0 Å². The summed E-state index contributed by atoms with van der Waals surface area (Å²) >= 11 is 12.9. The average molecular weight is 364 g/mol. The van der Waals surface area contributed by atoms with Gasteiger partial charge in [0.25, 0.3) is 0 Å². The van der Waals surface area contributed by atoms with Gasteiger partial charge in [0, 0.05) is 16.0 Å². The zero-order valence-corrected chi connectivity index (χ0v) is 15.0. The molecule has 23 heavy (non-hydrogen) atoms. The highest BCUT2D eigenvalue weighted by atomic mass is 35.5. The summed E-state index contributed by atoms with van der Waals surface area (Å²) in [5, 5.41) is 8.92. The van der Waals surface area contributed by atoms with E-state index < -0.39 is 0 Å². The topological polar surface area (TPSA) is 37.0 Å². The zero-order chi connectivity index (χ0) is 16.1. The molecule has 6 heteroatoms. The van der Waals surface area contributed by atoms with Gasteiger partial charge in [-0.25, -0.2) is 4.98 Å². The normalized spacial score (nSPS) is 14.7. The van der Waals surface area contributed by atoms with E-state index in [0.717, 1.165) is 20.6 Å². The van der Waals surface area contributed by atoms with Crippen LogP contribution < -0.4 is 10.6 Å². The lowest BCUT2D eigenvalue weighted by Crippen LogP contribution is -2.35. The second-order valence-electron chi connectivity index (χ2n) is 5.52. The third-order valence-corrected chi connectivity index (χ3v) is 5.15. The molecule has 0 unspecified atom stereocenters. The molecular formula is C17H18ClN3S2. The number of thiocarbonyl (C=S) groups is 1. The molecule has 1 aromatic heterocycles. The van der Waals surface area contributed by atoms with Crippen molar-refractivity contribution >= 4 is 46.4 Å². The Bertz CT molecular complexity index is 653. The Morgan fingerprint density at radius 2 is 1.87 bits per heavy atom. The highest BCUT2D eigenvalue weighted by Gasteiger charge is 2.15. The largest absolute Gasteiger partial charge is 0.360 e. The van der Waals surface area contributed by atoms with Crippen LogP contribution in [0.4, 0.5) is 5.69 Å². The molecule has 1 fully saturated rings. The second-order valence-corrected chi connectivity index (χ2v) is 7.46. The maximum Gasteiger partial charge on any atom is 0.171 e. The number of benzene rings is 1. The van der Waals surface area contributed by atoms with Crippen molar-refractivity contribution in [2.45, 2.75) is 41.6 Å². The fourth-order valence-corrected chi connectivity index (χ4v) is 3.73. The van der Waals surface area contributed by atoms with Gasteiger partial charge in [-0.2, -0.15) is 0 Å². The molecule has 0 atom stereocenters. The predicted molar refractivity (Wildman–Crippen MR) is 101 cm³/mol. The Morgan fingerprint density at radius 3 is 2.52 bits per heavy atom. The standard InChI is InChI=1S/C17H18ClN3S2/c18-12-5-8-15(9-6-12)23-16-10-7-14(11-19-16)21-17(22)20-13-3-1-2-4-13/h5-11,13H,1-4H2,(H2,20,21,22). The van der Waals surface area contributed by atoms with Crippen LogP contribution >= 0.6 is 35.6 Å². The number of halogens is 1. The van der Waals surface area contributed by atoms with E-state index in [4.69, 9.17) is 23.8 Å². The van der Waals surface area contributed by atoms with Crippen LogP contribution in [0.1, 0.15) is 25.7 Å². The molecular weight excluding hydrogens is 346 g/mol. The maximum absolute atomic E-state index is 5.89. The summed E-state index contributed by atoms with van der Waals surface area (Å²) in [5.74, 6) is 0. The van der Waals surface area contributed by atoms with Crippen molar-refractivity contribution in [1.82, 2.24) is 10.3 Å². The number of rotatable bonds is 4. The molecule has 1 saturated carbocycles. The van der Waals surface area contributed by atoms with Gasteiger partial charge in [-0.1, -0.05) is 36.2 Å². The molecule has 0 saturated heterocycles. The van der Waals surface area contributed by atoms with Crippen molar-refractivity contribution in [3.63, 3.8) is 0 Å². The molecule has 3 rings (SSSR count). The Labute approximate surface area is 151 Å². The first kappa shape index (κ1) is 16.6. The summed E-state index contributed by atoms with van der Waals surface area (Å²) in [5.41, 5.74) is 0.904. The number of nitrogens with one attached hydrogen (secondary N) is 2. The van der Waals surface area contributed by atoms with Gasteiger partial charge in [-0.15, -0.1) is 0 Å². The summed E-state index contributed by atoms with van der Waals surface area (Å²) in [6.45, 7) is 0. The fourth-order valence-electron chi connectivity index (χ4n) is 2.56. The number of anilines is 1. The zero-order valence-electron chi connectivity index (χ0n) is 12.6. The van der Waals surface area contributed by atoms with Crippen molar-refractivity contribution in [3.05, 3.63) is 47.6 Å². The summed E-state index contributed by atoms with van der Waals surface area (Å²) in [6.07, 6.45) is 6.80. The van der Waals surface area contributed by atoms with Crippen molar-refractivity contribution < 1.29 is 0 Å². The summed E-state index contributed by atoms with van der Waals surface area (Å²) < 4.78 is 0. The van der Waals surface area contributed by atoms with E-state index in [-0.39, 0.29) is 0 Å². The predicted octanol–water partition coefficient (Wildman–Crippen LogP) is 5.12. The van der Waals surface area contributed by atoms with E-state index in [9.17, 15) is 0 Å². The van der Waals surface area contributed by atoms with Gasteiger partial charge in [0.1, 0.15) is 5.03 Å². The molecule has 3 nitrogen and oxygen atoms in total. The third kappa shape index (κ3) is 5.09. The summed E-state index contributed by atoms with van der Waals surface area (Å²) in [7, 11) is 0. The van der Waals surface area contributed by atoms with E-state index in [1.54, 1.807) is 18.0 Å². The molecule has 0 spiro atoms. The average Bonchev–Trinajstić information content (AvgIpc) is 3.04. The lowest BCUT2D eigenvalue weighted by molar-refractivity contribution is 0.634.